The molecule has 55 heavy (non-hydrogen) atoms. The summed E-state index contributed by atoms with van der Waals surface area (Å²) in [6, 6.07) is 13.5. The maximum atomic E-state index is 15.4. The standard InChI is InChI=1S/C42H40F8N2O3/c1-9-21-42(8,12-4)55-25-19-15-23(16-20-25)40(5,6)22-13-17-24(18-14-22)53-37-35(49)31(45)27(32(46)36(37)50)39-52-51-38(54-39)26-29(43)33(47)28(34(48)30(26)44)41(7,10-2)11-3/h9,13-21H,10-12H2,1-8H3/b21-9-. The number of benzene rings is 4. The second kappa shape index (κ2) is 15.5. The largest absolute Gasteiger partial charge is 0.484 e. The number of halogens is 8. The molecule has 1 heterocycles. The van der Waals surface area contributed by atoms with Gasteiger partial charge in [0.25, 0.3) is 11.8 Å². The van der Waals surface area contributed by atoms with Crippen LogP contribution in [0.1, 0.15) is 91.3 Å². The van der Waals surface area contributed by atoms with E-state index in [1.807, 2.05) is 71.0 Å². The van der Waals surface area contributed by atoms with Crippen LogP contribution in [0.3, 0.4) is 0 Å². The van der Waals surface area contributed by atoms with Crippen LogP contribution in [0.15, 0.2) is 65.1 Å². The first-order valence-electron chi connectivity index (χ1n) is 17.7. The first kappa shape index (κ1) is 41.0. The van der Waals surface area contributed by atoms with E-state index in [4.69, 9.17) is 13.9 Å². The third kappa shape index (κ3) is 7.45. The fourth-order valence-corrected chi connectivity index (χ4v) is 6.28. The lowest BCUT2D eigenvalue weighted by Crippen LogP contribution is -2.28. The fourth-order valence-electron chi connectivity index (χ4n) is 6.28. The van der Waals surface area contributed by atoms with Crippen molar-refractivity contribution in [3.05, 3.63) is 124 Å². The van der Waals surface area contributed by atoms with E-state index in [1.165, 1.54) is 19.1 Å². The number of ether oxygens (including phenoxy) is 2. The van der Waals surface area contributed by atoms with Crippen molar-refractivity contribution in [1.29, 1.82) is 0 Å². The Balaban J connectivity index is 1.41. The Hall–Kier alpha value is -5.20. The quantitative estimate of drug-likeness (QED) is 0.0678. The molecule has 0 amide bonds. The normalized spacial score (nSPS) is 13.4. The number of rotatable bonds is 13. The van der Waals surface area contributed by atoms with Gasteiger partial charge in [0.05, 0.1) is 0 Å². The van der Waals surface area contributed by atoms with Crippen molar-refractivity contribution in [3.8, 4) is 40.2 Å². The lowest BCUT2D eigenvalue weighted by Gasteiger charge is -2.28. The summed E-state index contributed by atoms with van der Waals surface area (Å²) in [6.07, 6.45) is 4.94. The molecule has 13 heteroatoms. The van der Waals surface area contributed by atoms with Gasteiger partial charge >= 0.3 is 0 Å². The van der Waals surface area contributed by atoms with Gasteiger partial charge in [-0.05, 0) is 80.0 Å². The minimum atomic E-state index is -2.05. The van der Waals surface area contributed by atoms with Crippen LogP contribution in [0.5, 0.6) is 17.2 Å². The van der Waals surface area contributed by atoms with Gasteiger partial charge in [0, 0.05) is 11.0 Å². The summed E-state index contributed by atoms with van der Waals surface area (Å²) in [5.41, 5.74) is -4.48. The molecule has 0 aliphatic rings. The summed E-state index contributed by atoms with van der Waals surface area (Å²) in [5, 5.41) is 6.52. The van der Waals surface area contributed by atoms with Crippen molar-refractivity contribution in [2.24, 2.45) is 0 Å². The Bertz CT molecular complexity index is 2170. The summed E-state index contributed by atoms with van der Waals surface area (Å²) >= 11 is 0. The van der Waals surface area contributed by atoms with Crippen LogP contribution in [0.4, 0.5) is 35.1 Å². The Labute approximate surface area is 314 Å². The molecule has 0 aliphatic carbocycles. The van der Waals surface area contributed by atoms with E-state index in [9.17, 15) is 0 Å². The zero-order valence-electron chi connectivity index (χ0n) is 31.5. The average molecular weight is 773 g/mol. The van der Waals surface area contributed by atoms with Crippen LogP contribution in [0, 0.1) is 46.5 Å². The third-order valence-corrected chi connectivity index (χ3v) is 10.4. The molecule has 0 spiro atoms. The van der Waals surface area contributed by atoms with E-state index >= 15 is 35.1 Å². The number of aromatic nitrogens is 2. The van der Waals surface area contributed by atoms with Crippen molar-refractivity contribution in [1.82, 2.24) is 10.2 Å². The molecular formula is C42H40F8N2O3. The van der Waals surface area contributed by atoms with Gasteiger partial charge in [0.15, 0.2) is 34.9 Å². The second-order valence-electron chi connectivity index (χ2n) is 14.2. The molecule has 5 aromatic rings. The zero-order chi connectivity index (χ0) is 40.6. The molecule has 0 N–H and O–H groups in total. The maximum absolute atomic E-state index is 15.4. The van der Waals surface area contributed by atoms with Crippen molar-refractivity contribution in [2.75, 3.05) is 0 Å². The molecule has 1 unspecified atom stereocenters. The summed E-state index contributed by atoms with van der Waals surface area (Å²) in [6.45, 7) is 14.4. The highest BCUT2D eigenvalue weighted by molar-refractivity contribution is 5.62. The molecule has 0 saturated carbocycles. The first-order valence-corrected chi connectivity index (χ1v) is 17.7. The van der Waals surface area contributed by atoms with Gasteiger partial charge < -0.3 is 13.9 Å². The topological polar surface area (TPSA) is 57.4 Å². The Morgan fingerprint density at radius 1 is 0.582 bits per heavy atom. The molecule has 0 bridgehead atoms. The Morgan fingerprint density at radius 3 is 1.40 bits per heavy atom. The second-order valence-corrected chi connectivity index (χ2v) is 14.2. The molecular weight excluding hydrogens is 732 g/mol. The molecule has 5 nitrogen and oxygen atoms in total. The SMILES string of the molecule is C/C=C\C(C)(CC)Oc1ccc(C(C)(C)c2ccc(Oc3c(F)c(F)c(-c4nnc(-c5c(F)c(F)c(C(C)(CC)CC)c(F)c5F)o4)c(F)c3F)cc2)cc1. The van der Waals surface area contributed by atoms with Gasteiger partial charge in [-0.25, -0.2) is 26.3 Å². The summed E-state index contributed by atoms with van der Waals surface area (Å²) in [4.78, 5) is 0. The molecule has 1 aromatic heterocycles. The van der Waals surface area contributed by atoms with Crippen LogP contribution in [0.2, 0.25) is 0 Å². The molecule has 0 fully saturated rings. The van der Waals surface area contributed by atoms with E-state index in [2.05, 4.69) is 10.2 Å². The number of hydrogen-bond donors (Lipinski definition) is 0. The molecule has 4 aromatic carbocycles. The van der Waals surface area contributed by atoms with Crippen LogP contribution in [-0.2, 0) is 10.8 Å². The smallest absolute Gasteiger partial charge is 0.254 e. The Morgan fingerprint density at radius 2 is 1.00 bits per heavy atom. The van der Waals surface area contributed by atoms with Gasteiger partial charge in [-0.2, -0.15) is 8.78 Å². The van der Waals surface area contributed by atoms with E-state index in [-0.39, 0.29) is 18.6 Å². The highest BCUT2D eigenvalue weighted by atomic mass is 19.2. The minimum absolute atomic E-state index is 0.126. The number of hydrogen-bond acceptors (Lipinski definition) is 5. The number of allylic oxidation sites excluding steroid dienone is 1. The van der Waals surface area contributed by atoms with E-state index < -0.39 is 97.2 Å². The van der Waals surface area contributed by atoms with E-state index in [0.717, 1.165) is 17.5 Å². The van der Waals surface area contributed by atoms with Crippen molar-refractivity contribution < 1.29 is 49.0 Å². The maximum Gasteiger partial charge on any atom is 0.254 e. The molecule has 1 atom stereocenters. The zero-order valence-corrected chi connectivity index (χ0v) is 31.5. The highest BCUT2D eigenvalue weighted by Crippen LogP contribution is 2.43. The van der Waals surface area contributed by atoms with Crippen LogP contribution >= 0.6 is 0 Å². The summed E-state index contributed by atoms with van der Waals surface area (Å²) in [7, 11) is 0. The predicted molar refractivity (Wildman–Crippen MR) is 192 cm³/mol. The molecule has 0 saturated heterocycles. The first-order chi connectivity index (χ1) is 25.9. The average Bonchev–Trinajstić information content (AvgIpc) is 3.64. The lowest BCUT2D eigenvalue weighted by molar-refractivity contribution is 0.136. The summed E-state index contributed by atoms with van der Waals surface area (Å²) in [5.74, 6) is -18.8. The fraction of sp³-hybridized carbons (Fsp3) is 0.333. The van der Waals surface area contributed by atoms with Gasteiger partial charge in [-0.1, -0.05) is 71.9 Å². The Kier molecular flexibility index (Phi) is 11.6. The van der Waals surface area contributed by atoms with Crippen molar-refractivity contribution >= 4 is 0 Å². The van der Waals surface area contributed by atoms with E-state index in [1.54, 1.807) is 26.0 Å². The van der Waals surface area contributed by atoms with Crippen LogP contribution < -0.4 is 9.47 Å². The van der Waals surface area contributed by atoms with Gasteiger partial charge in [0.1, 0.15) is 28.2 Å². The van der Waals surface area contributed by atoms with Gasteiger partial charge in [0.2, 0.25) is 17.4 Å². The van der Waals surface area contributed by atoms with Crippen molar-refractivity contribution in [2.45, 2.75) is 91.1 Å². The lowest BCUT2D eigenvalue weighted by atomic mass is 9.76. The molecule has 0 aliphatic heterocycles. The van der Waals surface area contributed by atoms with Gasteiger partial charge in [-0.3, -0.25) is 0 Å². The van der Waals surface area contributed by atoms with E-state index in [0.29, 0.717) is 5.75 Å². The van der Waals surface area contributed by atoms with Crippen molar-refractivity contribution in [3.63, 3.8) is 0 Å². The van der Waals surface area contributed by atoms with Gasteiger partial charge in [-0.15, -0.1) is 10.2 Å². The monoisotopic (exact) mass is 772 g/mol. The third-order valence-electron chi connectivity index (χ3n) is 10.4. The minimum Gasteiger partial charge on any atom is -0.484 e. The highest BCUT2D eigenvalue weighted by Gasteiger charge is 2.38. The van der Waals surface area contributed by atoms with Crippen LogP contribution in [-0.4, -0.2) is 15.8 Å². The number of nitrogens with zero attached hydrogens (tertiary/aromatic N) is 2. The molecule has 5 rings (SSSR count). The van der Waals surface area contributed by atoms with Crippen LogP contribution in [0.25, 0.3) is 22.9 Å². The summed E-state index contributed by atoms with van der Waals surface area (Å²) < 4.78 is 139. The predicted octanol–water partition coefficient (Wildman–Crippen LogP) is 12.8. The molecule has 0 radical (unpaired) electrons. The molecule has 292 valence electrons.